The van der Waals surface area contributed by atoms with E-state index in [0.717, 1.165) is 9.87 Å². The number of para-hydroxylation sites is 2. The molecule has 13 nitrogen and oxygen atoms in total. The number of imide groups is 1. The molecule has 1 saturated heterocycles. The lowest BCUT2D eigenvalue weighted by molar-refractivity contribution is -0.197. The molecule has 0 radical (unpaired) electrons. The van der Waals surface area contributed by atoms with Crippen molar-refractivity contribution < 1.29 is 45.4 Å². The van der Waals surface area contributed by atoms with Crippen LogP contribution in [0.2, 0.25) is 0 Å². The number of carbonyl (C=O) groups excluding carboxylic acids is 4. The number of fused-ring (bicyclic) bond motifs is 2. The number of anilines is 2. The highest BCUT2D eigenvalue weighted by atomic mass is 32.2. The van der Waals surface area contributed by atoms with Gasteiger partial charge in [-0.25, -0.2) is 17.5 Å². The highest BCUT2D eigenvalue weighted by Crippen LogP contribution is 2.46. The topological polar surface area (TPSA) is 176 Å². The van der Waals surface area contributed by atoms with Crippen LogP contribution >= 0.6 is 0 Å². The predicted molar refractivity (Wildman–Crippen MR) is 169 cm³/mol. The summed E-state index contributed by atoms with van der Waals surface area (Å²) >= 11 is 0. The first kappa shape index (κ1) is 33.8. The summed E-state index contributed by atoms with van der Waals surface area (Å²) in [5.41, 5.74) is 2.90. The molecule has 2 aliphatic rings. The summed E-state index contributed by atoms with van der Waals surface area (Å²) in [6, 6.07) is 19.8. The average molecular weight is 684 g/mol. The van der Waals surface area contributed by atoms with Crippen LogP contribution in [0.5, 0.6) is 0 Å². The lowest BCUT2D eigenvalue weighted by atomic mass is 9.84. The zero-order valence-corrected chi connectivity index (χ0v) is 27.1. The van der Waals surface area contributed by atoms with Gasteiger partial charge in [-0.3, -0.25) is 18.9 Å². The lowest BCUT2D eigenvalue weighted by Gasteiger charge is -2.38. The van der Waals surface area contributed by atoms with Gasteiger partial charge in [0.25, 0.3) is 32.0 Å². The quantitative estimate of drug-likeness (QED) is 0.219. The summed E-state index contributed by atoms with van der Waals surface area (Å²) in [4.78, 5) is 57.5. The SMILES string of the molecule is Cc1ccc(S(=O)(=O)N(CCCC(=O)ON2C(=O)CCC2=O)C(=O)C2c3ccccc3N(CCCS(=O)(=O)O)c3ccccc32)cc1. The summed E-state index contributed by atoms with van der Waals surface area (Å²) in [7, 11) is -8.66. The van der Waals surface area contributed by atoms with E-state index in [4.69, 9.17) is 4.84 Å². The number of nitrogens with zero attached hydrogens (tertiary/aromatic N) is 3. The van der Waals surface area contributed by atoms with Gasteiger partial charge >= 0.3 is 5.97 Å². The van der Waals surface area contributed by atoms with Crippen LogP contribution in [0.3, 0.4) is 0 Å². The largest absolute Gasteiger partial charge is 0.341 e. The van der Waals surface area contributed by atoms with Crippen molar-refractivity contribution in [1.82, 2.24) is 9.37 Å². The van der Waals surface area contributed by atoms with Crippen LogP contribution in [0.4, 0.5) is 11.4 Å². The maximum absolute atomic E-state index is 14.6. The van der Waals surface area contributed by atoms with E-state index in [0.29, 0.717) is 27.6 Å². The molecule has 0 saturated carbocycles. The Hall–Kier alpha value is -4.60. The molecule has 15 heteroatoms. The Bertz CT molecular complexity index is 1860. The molecule has 3 amide bonds. The van der Waals surface area contributed by atoms with E-state index >= 15 is 0 Å². The number of rotatable bonds is 12. The van der Waals surface area contributed by atoms with E-state index in [2.05, 4.69) is 0 Å². The minimum absolute atomic E-state index is 0.0779. The minimum atomic E-state index is -4.45. The van der Waals surface area contributed by atoms with Crippen molar-refractivity contribution in [2.24, 2.45) is 0 Å². The molecule has 0 spiro atoms. The summed E-state index contributed by atoms with van der Waals surface area (Å²) in [6.07, 6.45) is -0.622. The van der Waals surface area contributed by atoms with Gasteiger partial charge in [0.15, 0.2) is 0 Å². The number of hydrogen-bond donors (Lipinski definition) is 1. The molecule has 1 fully saturated rings. The van der Waals surface area contributed by atoms with Gasteiger partial charge in [-0.05, 0) is 55.2 Å². The van der Waals surface area contributed by atoms with Crippen LogP contribution in [0.25, 0.3) is 0 Å². The third kappa shape index (κ3) is 7.37. The van der Waals surface area contributed by atoms with Gasteiger partial charge < -0.3 is 9.74 Å². The van der Waals surface area contributed by atoms with Crippen molar-refractivity contribution in [3.05, 3.63) is 89.5 Å². The van der Waals surface area contributed by atoms with E-state index in [1.165, 1.54) is 12.1 Å². The number of sulfonamides is 1. The Morgan fingerprint density at radius 2 is 1.40 bits per heavy atom. The first-order valence-corrected chi connectivity index (χ1v) is 17.9. The molecular formula is C32H33N3O10S2. The average Bonchev–Trinajstić information content (AvgIpc) is 3.34. The highest BCUT2D eigenvalue weighted by Gasteiger charge is 2.41. The van der Waals surface area contributed by atoms with Gasteiger partial charge in [-0.1, -0.05) is 54.1 Å². The van der Waals surface area contributed by atoms with Gasteiger partial charge in [0.2, 0.25) is 5.91 Å². The molecular weight excluding hydrogens is 650 g/mol. The summed E-state index contributed by atoms with van der Waals surface area (Å²) in [6.45, 7) is 1.56. The monoisotopic (exact) mass is 683 g/mol. The third-order valence-corrected chi connectivity index (χ3v) is 10.5. The molecule has 3 aromatic carbocycles. The van der Waals surface area contributed by atoms with Gasteiger partial charge in [0.1, 0.15) is 0 Å². The van der Waals surface area contributed by atoms with E-state index < -0.39 is 62.0 Å². The number of carbonyl (C=O) groups is 4. The van der Waals surface area contributed by atoms with Crippen LogP contribution in [0.15, 0.2) is 77.7 Å². The van der Waals surface area contributed by atoms with Crippen molar-refractivity contribution in [2.45, 2.75) is 49.8 Å². The van der Waals surface area contributed by atoms with Crippen molar-refractivity contribution in [2.75, 3.05) is 23.7 Å². The Morgan fingerprint density at radius 1 is 0.851 bits per heavy atom. The second-order valence-electron chi connectivity index (χ2n) is 11.2. The molecule has 0 bridgehead atoms. The standard InChI is InChI=1S/C32H33N3O10S2/c1-22-13-15-23(16-14-22)47(43,44)34(20-6-12-30(38)45-35-28(36)17-18-29(35)37)32(39)31-24-8-2-4-10-26(24)33(19-7-21-46(40,41)42)27-11-5-3-9-25(27)31/h2-5,8-11,13-16,31H,6-7,12,17-21H2,1H3,(H,40,41,42). The smallest absolute Gasteiger partial charge is 0.333 e. The van der Waals surface area contributed by atoms with Crippen LogP contribution < -0.4 is 4.90 Å². The maximum Gasteiger partial charge on any atom is 0.333 e. The number of hydrogen-bond acceptors (Lipinski definition) is 10. The Labute approximate surface area is 272 Å². The lowest BCUT2D eigenvalue weighted by Crippen LogP contribution is -2.43. The Morgan fingerprint density at radius 3 is 1.96 bits per heavy atom. The summed E-state index contributed by atoms with van der Waals surface area (Å²) in [5.74, 6) is -4.56. The van der Waals surface area contributed by atoms with Gasteiger partial charge in [0, 0.05) is 43.7 Å². The van der Waals surface area contributed by atoms with Gasteiger partial charge in [-0.2, -0.15) is 8.42 Å². The number of hydroxylamine groups is 2. The predicted octanol–water partition coefficient (Wildman–Crippen LogP) is 3.46. The Balaban J connectivity index is 1.48. The van der Waals surface area contributed by atoms with Crippen molar-refractivity contribution in [3.63, 3.8) is 0 Å². The molecule has 0 atom stereocenters. The molecule has 0 unspecified atom stereocenters. The first-order chi connectivity index (χ1) is 22.3. The zero-order valence-electron chi connectivity index (χ0n) is 25.4. The number of amides is 3. The van der Waals surface area contributed by atoms with Crippen LogP contribution in [-0.4, -0.2) is 73.3 Å². The molecule has 1 N–H and O–H groups in total. The van der Waals surface area contributed by atoms with Crippen molar-refractivity contribution >= 4 is 55.2 Å². The highest BCUT2D eigenvalue weighted by molar-refractivity contribution is 7.89. The van der Waals surface area contributed by atoms with Crippen molar-refractivity contribution in [3.8, 4) is 0 Å². The fourth-order valence-corrected chi connectivity index (χ4v) is 7.61. The van der Waals surface area contributed by atoms with Gasteiger partial charge in [-0.15, -0.1) is 5.06 Å². The van der Waals surface area contributed by atoms with E-state index in [9.17, 15) is 40.6 Å². The maximum atomic E-state index is 14.6. The van der Waals surface area contributed by atoms with E-state index in [1.807, 2.05) is 4.90 Å². The minimum Gasteiger partial charge on any atom is -0.341 e. The van der Waals surface area contributed by atoms with Gasteiger partial charge in [0.05, 0.1) is 16.6 Å². The van der Waals surface area contributed by atoms with Crippen LogP contribution in [-0.2, 0) is 44.2 Å². The first-order valence-electron chi connectivity index (χ1n) is 14.9. The number of aryl methyl sites for hydroxylation is 1. The normalized spacial score (nSPS) is 14.9. The fraction of sp³-hybridized carbons (Fsp3) is 0.312. The molecule has 47 heavy (non-hydrogen) atoms. The zero-order chi connectivity index (χ0) is 33.9. The summed E-state index contributed by atoms with van der Waals surface area (Å²) in [5, 5.41) is 0.409. The van der Waals surface area contributed by atoms with E-state index in [1.54, 1.807) is 67.6 Å². The third-order valence-electron chi connectivity index (χ3n) is 7.90. The van der Waals surface area contributed by atoms with Crippen LogP contribution in [0.1, 0.15) is 54.7 Å². The second-order valence-corrected chi connectivity index (χ2v) is 14.7. The van der Waals surface area contributed by atoms with E-state index in [-0.39, 0.29) is 43.5 Å². The molecule has 2 aliphatic heterocycles. The molecule has 5 rings (SSSR count). The summed E-state index contributed by atoms with van der Waals surface area (Å²) < 4.78 is 61.1. The Kier molecular flexibility index (Phi) is 9.79. The molecule has 248 valence electrons. The molecule has 3 aromatic rings. The molecule has 0 aliphatic carbocycles. The fourth-order valence-electron chi connectivity index (χ4n) is 5.67. The number of benzene rings is 3. The van der Waals surface area contributed by atoms with Crippen molar-refractivity contribution in [1.29, 1.82) is 0 Å². The molecule has 2 heterocycles. The van der Waals surface area contributed by atoms with Crippen LogP contribution in [0, 0.1) is 6.92 Å². The molecule has 0 aromatic heterocycles. The second kappa shape index (κ2) is 13.6.